The molecule has 0 saturated carbocycles. The van der Waals surface area contributed by atoms with Crippen molar-refractivity contribution in [1.82, 2.24) is 14.7 Å². The molecule has 0 fully saturated rings. The second-order valence-electron chi connectivity index (χ2n) is 9.44. The zero-order valence-electron chi connectivity index (χ0n) is 20.6. The Labute approximate surface area is 192 Å². The van der Waals surface area contributed by atoms with Gasteiger partial charge in [-0.3, -0.25) is 9.59 Å². The fraction of sp³-hybridized carbons (Fsp3) is 0.560. The number of unbranched alkanes of at least 4 members (excludes halogenated alkanes) is 2. The minimum atomic E-state index is -0.231. The van der Waals surface area contributed by atoms with Gasteiger partial charge < -0.3 is 15.0 Å². The summed E-state index contributed by atoms with van der Waals surface area (Å²) in [4.78, 5) is 27.2. The molecule has 7 heteroatoms. The summed E-state index contributed by atoms with van der Waals surface area (Å²) in [5.74, 6) is 0.940. The molecule has 0 spiro atoms. The molecule has 0 bridgehead atoms. The molecule has 1 aromatic heterocycles. The summed E-state index contributed by atoms with van der Waals surface area (Å²) >= 11 is 0. The van der Waals surface area contributed by atoms with Crippen molar-refractivity contribution < 1.29 is 14.3 Å². The number of anilines is 1. The van der Waals surface area contributed by atoms with Gasteiger partial charge in [0.15, 0.2) is 0 Å². The number of aromatic nitrogens is 2. The van der Waals surface area contributed by atoms with Crippen LogP contribution in [0, 0.1) is 5.92 Å². The van der Waals surface area contributed by atoms with Crippen LogP contribution >= 0.6 is 0 Å². The van der Waals surface area contributed by atoms with Crippen LogP contribution in [0.15, 0.2) is 30.3 Å². The second-order valence-corrected chi connectivity index (χ2v) is 9.44. The van der Waals surface area contributed by atoms with Crippen LogP contribution in [-0.2, 0) is 15.0 Å². The number of ether oxygens (including phenoxy) is 1. The van der Waals surface area contributed by atoms with E-state index in [2.05, 4.69) is 33.0 Å². The first-order valence-electron chi connectivity index (χ1n) is 11.4. The van der Waals surface area contributed by atoms with Gasteiger partial charge in [-0.1, -0.05) is 54.4 Å². The van der Waals surface area contributed by atoms with Crippen LogP contribution < -0.4 is 10.1 Å². The van der Waals surface area contributed by atoms with E-state index in [1.54, 1.807) is 16.7 Å². The lowest BCUT2D eigenvalue weighted by Crippen LogP contribution is -2.41. The number of hydrogen-bond donors (Lipinski definition) is 1. The first-order valence-corrected chi connectivity index (χ1v) is 11.4. The molecule has 32 heavy (non-hydrogen) atoms. The van der Waals surface area contributed by atoms with Crippen LogP contribution in [0.4, 0.5) is 5.82 Å². The minimum Gasteiger partial charge on any atom is -0.497 e. The van der Waals surface area contributed by atoms with Crippen LogP contribution in [-0.4, -0.2) is 46.7 Å². The molecule has 0 atom stereocenters. The molecule has 2 rings (SSSR count). The third-order valence-corrected chi connectivity index (χ3v) is 5.23. The monoisotopic (exact) mass is 442 g/mol. The van der Waals surface area contributed by atoms with Crippen LogP contribution in [0.25, 0.3) is 5.69 Å². The van der Waals surface area contributed by atoms with Crippen molar-refractivity contribution >= 4 is 17.6 Å². The van der Waals surface area contributed by atoms with E-state index in [-0.39, 0.29) is 29.7 Å². The van der Waals surface area contributed by atoms with Crippen LogP contribution in [0.2, 0.25) is 0 Å². The summed E-state index contributed by atoms with van der Waals surface area (Å²) in [7, 11) is 1.62. The highest BCUT2D eigenvalue weighted by Crippen LogP contribution is 2.27. The summed E-state index contributed by atoms with van der Waals surface area (Å²) in [5, 5.41) is 7.73. The molecule has 0 aliphatic rings. The molecular formula is C25H38N4O3. The molecule has 0 aliphatic heterocycles. The largest absolute Gasteiger partial charge is 0.497 e. The maximum absolute atomic E-state index is 13.0. The highest BCUT2D eigenvalue weighted by Gasteiger charge is 2.23. The van der Waals surface area contributed by atoms with Crippen molar-refractivity contribution in [3.8, 4) is 11.4 Å². The van der Waals surface area contributed by atoms with E-state index >= 15 is 0 Å². The summed E-state index contributed by atoms with van der Waals surface area (Å²) in [6.45, 7) is 12.7. The number of rotatable bonds is 10. The normalized spacial score (nSPS) is 11.5. The van der Waals surface area contributed by atoms with Gasteiger partial charge in [0.25, 0.3) is 0 Å². The topological polar surface area (TPSA) is 76.5 Å². The molecule has 0 saturated heterocycles. The van der Waals surface area contributed by atoms with Gasteiger partial charge in [0.05, 0.1) is 25.0 Å². The molecule has 1 aromatic carbocycles. The number of carbonyl (C=O) groups is 2. The molecule has 1 heterocycles. The summed E-state index contributed by atoms with van der Waals surface area (Å²) in [6, 6.07) is 9.40. The molecule has 0 aliphatic carbocycles. The van der Waals surface area contributed by atoms with E-state index in [0.29, 0.717) is 12.4 Å². The van der Waals surface area contributed by atoms with Gasteiger partial charge in [0.2, 0.25) is 11.8 Å². The average Bonchev–Trinajstić information content (AvgIpc) is 3.16. The Morgan fingerprint density at radius 2 is 1.81 bits per heavy atom. The van der Waals surface area contributed by atoms with E-state index < -0.39 is 0 Å². The fourth-order valence-corrected chi connectivity index (χ4v) is 3.30. The lowest BCUT2D eigenvalue weighted by Gasteiger charge is -2.24. The van der Waals surface area contributed by atoms with Gasteiger partial charge in [-0.05, 0) is 30.7 Å². The maximum Gasteiger partial charge on any atom is 0.245 e. The zero-order valence-corrected chi connectivity index (χ0v) is 20.6. The Kier molecular flexibility index (Phi) is 8.87. The predicted molar refractivity (Wildman–Crippen MR) is 128 cm³/mol. The van der Waals surface area contributed by atoms with Gasteiger partial charge in [-0.25, -0.2) is 4.68 Å². The van der Waals surface area contributed by atoms with E-state index in [1.807, 2.05) is 44.2 Å². The Hall–Kier alpha value is -2.83. The number of methoxy groups -OCH3 is 1. The average molecular weight is 443 g/mol. The number of benzene rings is 1. The van der Waals surface area contributed by atoms with Crippen molar-refractivity contribution in [3.63, 3.8) is 0 Å². The number of nitrogens with one attached hydrogen (secondary N) is 1. The predicted octanol–water partition coefficient (Wildman–Crippen LogP) is 4.79. The first-order chi connectivity index (χ1) is 15.1. The molecule has 2 amide bonds. The molecule has 2 aromatic rings. The van der Waals surface area contributed by atoms with Crippen LogP contribution in [0.5, 0.6) is 5.75 Å². The molecule has 1 N–H and O–H groups in total. The lowest BCUT2D eigenvalue weighted by molar-refractivity contribution is -0.137. The smallest absolute Gasteiger partial charge is 0.245 e. The fourth-order valence-electron chi connectivity index (χ4n) is 3.30. The van der Waals surface area contributed by atoms with Crippen LogP contribution in [0.3, 0.4) is 0 Å². The van der Waals surface area contributed by atoms with Gasteiger partial charge in [-0.15, -0.1) is 0 Å². The van der Waals surface area contributed by atoms with E-state index in [9.17, 15) is 9.59 Å². The molecule has 0 radical (unpaired) electrons. The van der Waals surface area contributed by atoms with Gasteiger partial charge in [0.1, 0.15) is 11.6 Å². The Balaban J connectivity index is 2.27. The minimum absolute atomic E-state index is 0.00436. The highest BCUT2D eigenvalue weighted by atomic mass is 16.5. The summed E-state index contributed by atoms with van der Waals surface area (Å²) in [5.41, 5.74) is 1.49. The van der Waals surface area contributed by atoms with Crippen molar-refractivity contribution in [2.75, 3.05) is 25.5 Å². The number of amides is 2. The SMILES string of the molecule is CCCCCN(CC(=O)Nc1cc(C(C)(C)C)nn1-c1ccc(OC)cc1)C(=O)C(C)C. The highest BCUT2D eigenvalue weighted by molar-refractivity contribution is 5.94. The molecule has 7 nitrogen and oxygen atoms in total. The van der Waals surface area contributed by atoms with Crippen LogP contribution in [0.1, 0.15) is 66.5 Å². The van der Waals surface area contributed by atoms with Crippen molar-refractivity contribution in [1.29, 1.82) is 0 Å². The third-order valence-electron chi connectivity index (χ3n) is 5.23. The molecule has 0 unspecified atom stereocenters. The maximum atomic E-state index is 13.0. The molecular weight excluding hydrogens is 404 g/mol. The Morgan fingerprint density at radius 1 is 1.16 bits per heavy atom. The van der Waals surface area contributed by atoms with E-state index in [1.165, 1.54) is 0 Å². The van der Waals surface area contributed by atoms with Gasteiger partial charge in [-0.2, -0.15) is 5.10 Å². The second kappa shape index (κ2) is 11.2. The quantitative estimate of drug-likeness (QED) is 0.537. The summed E-state index contributed by atoms with van der Waals surface area (Å²) < 4.78 is 6.97. The first kappa shape index (κ1) is 25.4. The standard InChI is InChI=1S/C25H38N4O3/c1-8-9-10-15-28(24(31)18(2)3)17-23(30)26-22-16-21(25(4,5)6)27-29(22)19-11-13-20(32-7)14-12-19/h11-14,16,18H,8-10,15,17H2,1-7H3,(H,26,30). The zero-order chi connectivity index (χ0) is 23.9. The molecule has 176 valence electrons. The van der Waals surface area contributed by atoms with E-state index in [0.717, 1.165) is 36.4 Å². The Bertz CT molecular complexity index is 895. The van der Waals surface area contributed by atoms with E-state index in [4.69, 9.17) is 9.84 Å². The van der Waals surface area contributed by atoms with Gasteiger partial charge >= 0.3 is 0 Å². The number of hydrogen-bond acceptors (Lipinski definition) is 4. The lowest BCUT2D eigenvalue weighted by atomic mass is 9.92. The number of nitrogens with zero attached hydrogens (tertiary/aromatic N) is 3. The number of carbonyl (C=O) groups excluding carboxylic acids is 2. The summed E-state index contributed by atoms with van der Waals surface area (Å²) in [6.07, 6.45) is 2.98. The van der Waals surface area contributed by atoms with Crippen molar-refractivity contribution in [3.05, 3.63) is 36.0 Å². The Morgan fingerprint density at radius 3 is 2.34 bits per heavy atom. The third kappa shape index (κ3) is 6.84. The van der Waals surface area contributed by atoms with Gasteiger partial charge in [0, 0.05) is 23.9 Å². The van der Waals surface area contributed by atoms with Crippen molar-refractivity contribution in [2.45, 2.75) is 66.2 Å². The van der Waals surface area contributed by atoms with Crippen molar-refractivity contribution in [2.24, 2.45) is 5.92 Å².